The van der Waals surface area contributed by atoms with Crippen LogP contribution >= 0.6 is 11.8 Å². The maximum absolute atomic E-state index is 12.8. The number of hydrogen-bond acceptors (Lipinski definition) is 3. The predicted octanol–water partition coefficient (Wildman–Crippen LogP) is 3.66. The smallest absolute Gasteiger partial charge is 0.234 e. The molecule has 0 radical (unpaired) electrons. The normalized spacial score (nSPS) is 10.2. The number of amides is 2. The van der Waals surface area contributed by atoms with Gasteiger partial charge in [-0.2, -0.15) is 0 Å². The molecule has 2 aromatic rings. The van der Waals surface area contributed by atoms with Crippen molar-refractivity contribution in [1.29, 1.82) is 0 Å². The Hall–Kier alpha value is -2.34. The van der Waals surface area contributed by atoms with Crippen LogP contribution in [0.25, 0.3) is 0 Å². The number of hydrogen-bond donors (Lipinski definition) is 2. The second-order valence-corrected chi connectivity index (χ2v) is 5.91. The van der Waals surface area contributed by atoms with Crippen LogP contribution < -0.4 is 10.6 Å². The van der Waals surface area contributed by atoms with Crippen LogP contribution in [0.3, 0.4) is 0 Å². The maximum Gasteiger partial charge on any atom is 0.234 e. The van der Waals surface area contributed by atoms with Gasteiger partial charge in [-0.1, -0.05) is 12.1 Å². The van der Waals surface area contributed by atoms with E-state index in [-0.39, 0.29) is 17.6 Å². The van der Waals surface area contributed by atoms with Crippen LogP contribution in [0.5, 0.6) is 0 Å². The van der Waals surface area contributed by atoms with Gasteiger partial charge in [-0.25, -0.2) is 4.39 Å². The summed E-state index contributed by atoms with van der Waals surface area (Å²) in [5.41, 5.74) is 2.33. The molecule has 4 nitrogen and oxygen atoms in total. The van der Waals surface area contributed by atoms with Gasteiger partial charge >= 0.3 is 0 Å². The van der Waals surface area contributed by atoms with Crippen LogP contribution in [0.15, 0.2) is 48.5 Å². The van der Waals surface area contributed by atoms with Crippen molar-refractivity contribution in [2.75, 3.05) is 16.4 Å². The van der Waals surface area contributed by atoms with Crippen LogP contribution in [0.1, 0.15) is 12.5 Å². The molecule has 2 amide bonds. The van der Waals surface area contributed by atoms with Crippen molar-refractivity contribution in [3.05, 3.63) is 59.9 Å². The number of carbonyl (C=O) groups is 2. The molecule has 2 N–H and O–H groups in total. The van der Waals surface area contributed by atoms with Crippen molar-refractivity contribution in [3.8, 4) is 0 Å². The lowest BCUT2D eigenvalue weighted by Crippen LogP contribution is -2.14. The van der Waals surface area contributed by atoms with E-state index < -0.39 is 0 Å². The standard InChI is InChI=1S/C17H17FN2O2S/c1-12(21)19-15-6-8-16(9-7-15)20-17(22)11-23-10-13-2-4-14(18)5-3-13/h2-9H,10-11H2,1H3,(H,19,21)(H,20,22). The summed E-state index contributed by atoms with van der Waals surface area (Å²) in [5, 5.41) is 5.44. The van der Waals surface area contributed by atoms with Gasteiger partial charge in [-0.3, -0.25) is 9.59 Å². The number of thioether (sulfide) groups is 1. The Morgan fingerprint density at radius 3 is 2.09 bits per heavy atom. The molecule has 0 aliphatic heterocycles. The quantitative estimate of drug-likeness (QED) is 0.849. The van der Waals surface area contributed by atoms with Crippen molar-refractivity contribution in [3.63, 3.8) is 0 Å². The molecular formula is C17H17FN2O2S. The van der Waals surface area contributed by atoms with E-state index in [1.54, 1.807) is 36.4 Å². The fraction of sp³-hybridized carbons (Fsp3) is 0.176. The van der Waals surface area contributed by atoms with Crippen LogP contribution in [0.2, 0.25) is 0 Å². The van der Waals surface area contributed by atoms with E-state index >= 15 is 0 Å². The molecule has 0 aliphatic carbocycles. The van der Waals surface area contributed by atoms with Crippen LogP contribution in [-0.2, 0) is 15.3 Å². The molecule has 23 heavy (non-hydrogen) atoms. The van der Waals surface area contributed by atoms with Gasteiger partial charge in [-0.15, -0.1) is 11.8 Å². The zero-order valence-electron chi connectivity index (χ0n) is 12.6. The molecule has 0 unspecified atom stereocenters. The van der Waals surface area contributed by atoms with Gasteiger partial charge in [0.2, 0.25) is 11.8 Å². The third kappa shape index (κ3) is 6.12. The average Bonchev–Trinajstić information content (AvgIpc) is 2.51. The molecule has 0 atom stereocenters. The number of rotatable bonds is 6. The number of nitrogens with one attached hydrogen (secondary N) is 2. The molecule has 0 aromatic heterocycles. The Balaban J connectivity index is 1.76. The number of anilines is 2. The zero-order valence-corrected chi connectivity index (χ0v) is 13.5. The van der Waals surface area contributed by atoms with Gasteiger partial charge in [0.15, 0.2) is 0 Å². The van der Waals surface area contributed by atoms with Gasteiger partial charge in [0, 0.05) is 24.1 Å². The highest BCUT2D eigenvalue weighted by Crippen LogP contribution is 2.16. The molecule has 2 rings (SSSR count). The predicted molar refractivity (Wildman–Crippen MR) is 91.9 cm³/mol. The Morgan fingerprint density at radius 1 is 0.957 bits per heavy atom. The first-order valence-corrected chi connectivity index (χ1v) is 8.18. The van der Waals surface area contributed by atoms with Crippen LogP contribution in [0, 0.1) is 5.82 Å². The fourth-order valence-electron chi connectivity index (χ4n) is 1.88. The van der Waals surface area contributed by atoms with Crippen molar-refractivity contribution in [1.82, 2.24) is 0 Å². The van der Waals surface area contributed by atoms with E-state index in [4.69, 9.17) is 0 Å². The largest absolute Gasteiger partial charge is 0.326 e. The molecule has 0 heterocycles. The molecule has 0 aliphatic rings. The number of benzene rings is 2. The molecule has 0 fully saturated rings. The summed E-state index contributed by atoms with van der Waals surface area (Å²) in [6.07, 6.45) is 0. The van der Waals surface area contributed by atoms with Gasteiger partial charge in [0.1, 0.15) is 5.82 Å². The van der Waals surface area contributed by atoms with E-state index in [0.29, 0.717) is 22.9 Å². The van der Waals surface area contributed by atoms with Crippen molar-refractivity contribution in [2.45, 2.75) is 12.7 Å². The number of carbonyl (C=O) groups excluding carboxylic acids is 2. The van der Waals surface area contributed by atoms with E-state index in [1.807, 2.05) is 0 Å². The second kappa shape index (κ2) is 8.33. The monoisotopic (exact) mass is 332 g/mol. The van der Waals surface area contributed by atoms with E-state index in [0.717, 1.165) is 5.56 Å². The highest BCUT2D eigenvalue weighted by molar-refractivity contribution is 7.99. The molecule has 0 bridgehead atoms. The van der Waals surface area contributed by atoms with Gasteiger partial charge in [0.05, 0.1) is 5.75 Å². The Bertz CT molecular complexity index is 672. The maximum atomic E-state index is 12.8. The van der Waals surface area contributed by atoms with Crippen LogP contribution in [0.4, 0.5) is 15.8 Å². The Morgan fingerprint density at radius 2 is 1.52 bits per heavy atom. The lowest BCUT2D eigenvalue weighted by molar-refractivity contribution is -0.114. The molecule has 6 heteroatoms. The Kier molecular flexibility index (Phi) is 6.17. The van der Waals surface area contributed by atoms with Gasteiger partial charge in [-0.05, 0) is 42.0 Å². The van der Waals surface area contributed by atoms with E-state index in [1.165, 1.54) is 30.8 Å². The summed E-state index contributed by atoms with van der Waals surface area (Å²) in [4.78, 5) is 22.8. The first kappa shape index (κ1) is 17.0. The molecule has 2 aromatic carbocycles. The Labute approximate surface area is 138 Å². The van der Waals surface area contributed by atoms with Crippen molar-refractivity contribution >= 4 is 35.0 Å². The van der Waals surface area contributed by atoms with E-state index in [9.17, 15) is 14.0 Å². The second-order valence-electron chi connectivity index (χ2n) is 4.93. The summed E-state index contributed by atoms with van der Waals surface area (Å²) < 4.78 is 12.8. The lowest BCUT2D eigenvalue weighted by atomic mass is 10.2. The molecule has 0 saturated carbocycles. The first-order chi connectivity index (χ1) is 11.0. The van der Waals surface area contributed by atoms with E-state index in [2.05, 4.69) is 10.6 Å². The summed E-state index contributed by atoms with van der Waals surface area (Å²) in [7, 11) is 0. The molecular weight excluding hydrogens is 315 g/mol. The molecule has 0 saturated heterocycles. The first-order valence-electron chi connectivity index (χ1n) is 7.02. The third-order valence-corrected chi connectivity index (χ3v) is 3.91. The minimum Gasteiger partial charge on any atom is -0.326 e. The summed E-state index contributed by atoms with van der Waals surface area (Å²) in [6.45, 7) is 1.44. The topological polar surface area (TPSA) is 58.2 Å². The minimum absolute atomic E-state index is 0.107. The molecule has 120 valence electrons. The fourth-order valence-corrected chi connectivity index (χ4v) is 2.67. The summed E-state index contributed by atoms with van der Waals surface area (Å²) in [5.74, 6) is 0.447. The molecule has 0 spiro atoms. The van der Waals surface area contributed by atoms with Crippen molar-refractivity contribution in [2.24, 2.45) is 0 Å². The number of halogens is 1. The minimum atomic E-state index is -0.265. The highest BCUT2D eigenvalue weighted by Gasteiger charge is 2.04. The van der Waals surface area contributed by atoms with Crippen LogP contribution in [-0.4, -0.2) is 17.6 Å². The summed E-state index contributed by atoms with van der Waals surface area (Å²) >= 11 is 1.46. The van der Waals surface area contributed by atoms with Crippen molar-refractivity contribution < 1.29 is 14.0 Å². The third-order valence-electron chi connectivity index (χ3n) is 2.90. The van der Waals surface area contributed by atoms with Gasteiger partial charge < -0.3 is 10.6 Å². The lowest BCUT2D eigenvalue weighted by Gasteiger charge is -2.07. The van der Waals surface area contributed by atoms with Gasteiger partial charge in [0.25, 0.3) is 0 Å². The average molecular weight is 332 g/mol. The SMILES string of the molecule is CC(=O)Nc1ccc(NC(=O)CSCc2ccc(F)cc2)cc1. The summed E-state index contributed by atoms with van der Waals surface area (Å²) in [6, 6.07) is 13.1. The zero-order chi connectivity index (χ0) is 16.7. The highest BCUT2D eigenvalue weighted by atomic mass is 32.2.